The van der Waals surface area contributed by atoms with Crippen molar-refractivity contribution in [1.82, 2.24) is 5.32 Å². The Kier molecular flexibility index (Phi) is 4.65. The fourth-order valence-corrected chi connectivity index (χ4v) is 2.17. The summed E-state index contributed by atoms with van der Waals surface area (Å²) in [5.74, 6) is -0.257. The molecule has 1 N–H and O–H groups in total. The van der Waals surface area contributed by atoms with Crippen LogP contribution in [-0.4, -0.2) is 4.92 Å². The van der Waals surface area contributed by atoms with Gasteiger partial charge in [0.05, 0.1) is 4.92 Å². The largest absolute Gasteiger partial charge is 0.306 e. The molecule has 0 radical (unpaired) electrons. The number of hydrogen-bond donors (Lipinski definition) is 1. The normalized spacial score (nSPS) is 12.1. The first kappa shape index (κ1) is 15.1. The molecular weight excluding hydrogens is 271 g/mol. The number of nitrogens with one attached hydrogen (secondary N) is 1. The van der Waals surface area contributed by atoms with Gasteiger partial charge in [-0.3, -0.25) is 10.1 Å². The molecular formula is C16H17FN2O2. The van der Waals surface area contributed by atoms with E-state index in [0.29, 0.717) is 17.7 Å². The number of nitro benzene ring substituents is 1. The molecule has 0 saturated heterocycles. The first-order chi connectivity index (χ1) is 9.99. The number of aryl methyl sites for hydroxylation is 1. The predicted molar refractivity (Wildman–Crippen MR) is 79.5 cm³/mol. The highest BCUT2D eigenvalue weighted by atomic mass is 19.1. The second-order valence-corrected chi connectivity index (χ2v) is 5.00. The van der Waals surface area contributed by atoms with Crippen molar-refractivity contribution in [3.63, 3.8) is 0 Å². The molecule has 2 aromatic rings. The van der Waals surface area contributed by atoms with Crippen LogP contribution in [0.15, 0.2) is 42.5 Å². The molecule has 0 aliphatic carbocycles. The van der Waals surface area contributed by atoms with E-state index in [2.05, 4.69) is 5.32 Å². The van der Waals surface area contributed by atoms with Gasteiger partial charge in [0.25, 0.3) is 5.69 Å². The van der Waals surface area contributed by atoms with Gasteiger partial charge in [0.1, 0.15) is 5.82 Å². The Balaban J connectivity index is 2.08. The Morgan fingerprint density at radius 3 is 2.67 bits per heavy atom. The van der Waals surface area contributed by atoms with Crippen molar-refractivity contribution in [2.45, 2.75) is 26.4 Å². The van der Waals surface area contributed by atoms with Crippen LogP contribution in [0.4, 0.5) is 10.1 Å². The predicted octanol–water partition coefficient (Wildman–Crippen LogP) is 3.89. The summed E-state index contributed by atoms with van der Waals surface area (Å²) >= 11 is 0. The molecule has 2 rings (SSSR count). The molecule has 2 aromatic carbocycles. The van der Waals surface area contributed by atoms with Crippen molar-refractivity contribution < 1.29 is 9.31 Å². The van der Waals surface area contributed by atoms with E-state index in [1.807, 2.05) is 13.0 Å². The second-order valence-electron chi connectivity index (χ2n) is 5.00. The molecule has 0 fully saturated rings. The van der Waals surface area contributed by atoms with E-state index in [0.717, 1.165) is 5.56 Å². The molecule has 0 heterocycles. The summed E-state index contributed by atoms with van der Waals surface area (Å²) < 4.78 is 13.7. The minimum Gasteiger partial charge on any atom is -0.306 e. The van der Waals surface area contributed by atoms with Gasteiger partial charge < -0.3 is 5.32 Å². The van der Waals surface area contributed by atoms with E-state index in [9.17, 15) is 14.5 Å². The number of halogens is 1. The molecule has 1 unspecified atom stereocenters. The van der Waals surface area contributed by atoms with Crippen LogP contribution in [0.1, 0.15) is 29.7 Å². The zero-order valence-corrected chi connectivity index (χ0v) is 12.0. The monoisotopic (exact) mass is 288 g/mol. The zero-order valence-electron chi connectivity index (χ0n) is 12.0. The lowest BCUT2D eigenvalue weighted by Gasteiger charge is -2.15. The van der Waals surface area contributed by atoms with Crippen molar-refractivity contribution in [1.29, 1.82) is 0 Å². The van der Waals surface area contributed by atoms with Crippen LogP contribution in [0.3, 0.4) is 0 Å². The SMILES string of the molecule is Cc1ccc(CNC(C)c2ccccc2F)cc1[N+](=O)[O-]. The minimum atomic E-state index is -0.390. The van der Waals surface area contributed by atoms with Crippen molar-refractivity contribution in [3.05, 3.63) is 75.1 Å². The van der Waals surface area contributed by atoms with Gasteiger partial charge in [-0.05, 0) is 25.5 Å². The maximum Gasteiger partial charge on any atom is 0.272 e. The minimum absolute atomic E-state index is 0.104. The molecule has 0 aliphatic heterocycles. The van der Waals surface area contributed by atoms with E-state index in [4.69, 9.17) is 0 Å². The Morgan fingerprint density at radius 1 is 1.29 bits per heavy atom. The molecule has 0 aliphatic rings. The smallest absolute Gasteiger partial charge is 0.272 e. The van der Waals surface area contributed by atoms with Gasteiger partial charge in [0.2, 0.25) is 0 Å². The van der Waals surface area contributed by atoms with Gasteiger partial charge in [0, 0.05) is 29.8 Å². The van der Waals surface area contributed by atoms with Gasteiger partial charge >= 0.3 is 0 Å². The van der Waals surface area contributed by atoms with E-state index >= 15 is 0 Å². The molecule has 1 atom stereocenters. The van der Waals surface area contributed by atoms with Gasteiger partial charge in [-0.25, -0.2) is 4.39 Å². The lowest BCUT2D eigenvalue weighted by Crippen LogP contribution is -2.19. The molecule has 0 bridgehead atoms. The fourth-order valence-electron chi connectivity index (χ4n) is 2.17. The molecule has 0 spiro atoms. The molecule has 0 aromatic heterocycles. The van der Waals surface area contributed by atoms with Crippen LogP contribution in [0.25, 0.3) is 0 Å². The third-order valence-corrected chi connectivity index (χ3v) is 3.45. The van der Waals surface area contributed by atoms with Crippen LogP contribution in [0, 0.1) is 22.9 Å². The van der Waals surface area contributed by atoms with Crippen molar-refractivity contribution in [2.24, 2.45) is 0 Å². The highest BCUT2D eigenvalue weighted by molar-refractivity contribution is 5.42. The molecule has 110 valence electrons. The molecule has 4 nitrogen and oxygen atoms in total. The van der Waals surface area contributed by atoms with E-state index in [1.165, 1.54) is 6.07 Å². The number of nitro groups is 1. The van der Waals surface area contributed by atoms with Crippen LogP contribution in [0.5, 0.6) is 0 Å². The summed E-state index contributed by atoms with van der Waals surface area (Å²) in [5, 5.41) is 14.1. The second kappa shape index (κ2) is 6.45. The van der Waals surface area contributed by atoms with E-state index in [-0.39, 0.29) is 22.5 Å². The Morgan fingerprint density at radius 2 is 2.00 bits per heavy atom. The lowest BCUT2D eigenvalue weighted by atomic mass is 10.1. The summed E-state index contributed by atoms with van der Waals surface area (Å²) in [6.07, 6.45) is 0. The van der Waals surface area contributed by atoms with Gasteiger partial charge in [-0.2, -0.15) is 0 Å². The molecule has 0 saturated carbocycles. The summed E-state index contributed by atoms with van der Waals surface area (Å²) in [4.78, 5) is 10.5. The summed E-state index contributed by atoms with van der Waals surface area (Å²) in [5.41, 5.74) is 2.12. The molecule has 0 amide bonds. The average Bonchev–Trinajstić information content (AvgIpc) is 2.46. The number of hydrogen-bond acceptors (Lipinski definition) is 3. The zero-order chi connectivity index (χ0) is 15.4. The molecule has 5 heteroatoms. The molecule has 21 heavy (non-hydrogen) atoms. The number of nitrogens with zero attached hydrogens (tertiary/aromatic N) is 1. The van der Waals surface area contributed by atoms with Crippen molar-refractivity contribution in [3.8, 4) is 0 Å². The maximum atomic E-state index is 13.7. The highest BCUT2D eigenvalue weighted by Crippen LogP contribution is 2.21. The van der Waals surface area contributed by atoms with E-state index < -0.39 is 0 Å². The Hall–Kier alpha value is -2.27. The van der Waals surface area contributed by atoms with Crippen LogP contribution < -0.4 is 5.32 Å². The first-order valence-corrected chi connectivity index (χ1v) is 6.70. The van der Waals surface area contributed by atoms with Crippen molar-refractivity contribution in [2.75, 3.05) is 0 Å². The quantitative estimate of drug-likeness (QED) is 0.670. The summed E-state index contributed by atoms with van der Waals surface area (Å²) in [7, 11) is 0. The standard InChI is InChI=1S/C16H17FN2O2/c1-11-7-8-13(9-16(11)19(20)21)10-18-12(2)14-5-3-4-6-15(14)17/h3-9,12,18H,10H2,1-2H3. The van der Waals surface area contributed by atoms with Gasteiger partial charge in [-0.15, -0.1) is 0 Å². The highest BCUT2D eigenvalue weighted by Gasteiger charge is 2.13. The van der Waals surface area contributed by atoms with Gasteiger partial charge in [0.15, 0.2) is 0 Å². The van der Waals surface area contributed by atoms with Crippen LogP contribution in [-0.2, 0) is 6.54 Å². The first-order valence-electron chi connectivity index (χ1n) is 6.70. The number of rotatable bonds is 5. The fraction of sp³-hybridized carbons (Fsp3) is 0.250. The Labute approximate surface area is 122 Å². The maximum absolute atomic E-state index is 13.7. The summed E-state index contributed by atoms with van der Waals surface area (Å²) in [6.45, 7) is 4.01. The van der Waals surface area contributed by atoms with Crippen molar-refractivity contribution >= 4 is 5.69 Å². The average molecular weight is 288 g/mol. The van der Waals surface area contributed by atoms with E-state index in [1.54, 1.807) is 37.3 Å². The third kappa shape index (κ3) is 3.64. The summed E-state index contributed by atoms with van der Waals surface area (Å²) in [6, 6.07) is 11.5. The van der Waals surface area contributed by atoms with Crippen LogP contribution >= 0.6 is 0 Å². The Bertz CT molecular complexity index is 658. The lowest BCUT2D eigenvalue weighted by molar-refractivity contribution is -0.385. The third-order valence-electron chi connectivity index (χ3n) is 3.45. The topological polar surface area (TPSA) is 55.2 Å². The number of benzene rings is 2. The van der Waals surface area contributed by atoms with Gasteiger partial charge in [-0.1, -0.05) is 30.3 Å². The van der Waals surface area contributed by atoms with Crippen LogP contribution in [0.2, 0.25) is 0 Å².